The van der Waals surface area contributed by atoms with Gasteiger partial charge in [-0.3, -0.25) is 5.10 Å². The lowest BCUT2D eigenvalue weighted by atomic mass is 9.97. The molecule has 2 aromatic rings. The molecule has 0 bridgehead atoms. The SMILES string of the molecule is c1ccc2c(C3CNC3)[nH]nc2c1. The highest BCUT2D eigenvalue weighted by atomic mass is 15.1. The molecule has 1 aliphatic heterocycles. The fourth-order valence-corrected chi connectivity index (χ4v) is 1.78. The minimum Gasteiger partial charge on any atom is -0.315 e. The number of fused-ring (bicyclic) bond motifs is 1. The number of hydrogen-bond donors (Lipinski definition) is 2. The van der Waals surface area contributed by atoms with Crippen LogP contribution in [0.3, 0.4) is 0 Å². The number of nitrogens with zero attached hydrogens (tertiary/aromatic N) is 1. The maximum Gasteiger partial charge on any atom is 0.0923 e. The van der Waals surface area contributed by atoms with Gasteiger partial charge in [0.1, 0.15) is 0 Å². The van der Waals surface area contributed by atoms with E-state index in [9.17, 15) is 0 Å². The van der Waals surface area contributed by atoms with Crippen molar-refractivity contribution in [2.45, 2.75) is 5.92 Å². The van der Waals surface area contributed by atoms with Crippen molar-refractivity contribution < 1.29 is 0 Å². The number of benzene rings is 1. The summed E-state index contributed by atoms with van der Waals surface area (Å²) >= 11 is 0. The van der Waals surface area contributed by atoms with Crippen molar-refractivity contribution in [3.63, 3.8) is 0 Å². The molecule has 0 saturated carbocycles. The van der Waals surface area contributed by atoms with Crippen LogP contribution in [-0.4, -0.2) is 23.3 Å². The highest BCUT2D eigenvalue weighted by Gasteiger charge is 2.22. The molecule has 1 saturated heterocycles. The minimum atomic E-state index is 0.632. The second kappa shape index (κ2) is 2.57. The highest BCUT2D eigenvalue weighted by molar-refractivity contribution is 5.81. The Hall–Kier alpha value is -1.35. The summed E-state index contributed by atoms with van der Waals surface area (Å²) in [5.41, 5.74) is 2.36. The topological polar surface area (TPSA) is 40.7 Å². The molecule has 2 N–H and O–H groups in total. The second-order valence-electron chi connectivity index (χ2n) is 3.51. The summed E-state index contributed by atoms with van der Waals surface area (Å²) in [4.78, 5) is 0. The number of H-pyrrole nitrogens is 1. The lowest BCUT2D eigenvalue weighted by Crippen LogP contribution is -2.40. The Morgan fingerprint density at radius 1 is 1.23 bits per heavy atom. The van der Waals surface area contributed by atoms with Crippen LogP contribution in [0, 0.1) is 0 Å². The Balaban J connectivity index is 2.17. The van der Waals surface area contributed by atoms with Gasteiger partial charge in [0.15, 0.2) is 0 Å². The van der Waals surface area contributed by atoms with Crippen molar-refractivity contribution in [1.29, 1.82) is 0 Å². The molecule has 66 valence electrons. The number of nitrogens with one attached hydrogen (secondary N) is 2. The predicted octanol–water partition coefficient (Wildman–Crippen LogP) is 1.25. The van der Waals surface area contributed by atoms with E-state index in [1.807, 2.05) is 12.1 Å². The van der Waals surface area contributed by atoms with Crippen LogP contribution in [-0.2, 0) is 0 Å². The molecule has 1 aliphatic rings. The van der Waals surface area contributed by atoms with Crippen molar-refractivity contribution in [2.24, 2.45) is 0 Å². The van der Waals surface area contributed by atoms with E-state index in [4.69, 9.17) is 0 Å². The lowest BCUT2D eigenvalue weighted by Gasteiger charge is -2.25. The van der Waals surface area contributed by atoms with Gasteiger partial charge in [-0.05, 0) is 6.07 Å². The number of para-hydroxylation sites is 1. The van der Waals surface area contributed by atoms with Crippen LogP contribution in [0.15, 0.2) is 24.3 Å². The molecule has 3 rings (SSSR count). The number of aromatic nitrogens is 2. The molecule has 3 nitrogen and oxygen atoms in total. The fraction of sp³-hybridized carbons (Fsp3) is 0.300. The average Bonchev–Trinajstić information content (AvgIpc) is 2.47. The smallest absolute Gasteiger partial charge is 0.0923 e. The normalized spacial score (nSPS) is 17.5. The summed E-state index contributed by atoms with van der Waals surface area (Å²) in [6.07, 6.45) is 0. The second-order valence-corrected chi connectivity index (χ2v) is 3.51. The molecule has 1 fully saturated rings. The summed E-state index contributed by atoms with van der Waals surface area (Å²) in [5, 5.41) is 11.9. The molecule has 0 spiro atoms. The molecule has 13 heavy (non-hydrogen) atoms. The van der Waals surface area contributed by atoms with Crippen LogP contribution in [0.1, 0.15) is 11.6 Å². The fourth-order valence-electron chi connectivity index (χ4n) is 1.78. The maximum atomic E-state index is 4.27. The van der Waals surface area contributed by atoms with Crippen LogP contribution in [0.4, 0.5) is 0 Å². The largest absolute Gasteiger partial charge is 0.315 e. The van der Waals surface area contributed by atoms with Crippen LogP contribution >= 0.6 is 0 Å². The summed E-state index contributed by atoms with van der Waals surface area (Å²) < 4.78 is 0. The molecule has 3 heteroatoms. The average molecular weight is 173 g/mol. The van der Waals surface area contributed by atoms with Crippen molar-refractivity contribution in [1.82, 2.24) is 15.5 Å². The Morgan fingerprint density at radius 3 is 2.85 bits per heavy atom. The summed E-state index contributed by atoms with van der Waals surface area (Å²) in [7, 11) is 0. The highest BCUT2D eigenvalue weighted by Crippen LogP contribution is 2.25. The summed E-state index contributed by atoms with van der Waals surface area (Å²) in [6.45, 7) is 2.15. The van der Waals surface area contributed by atoms with Crippen molar-refractivity contribution >= 4 is 10.9 Å². The summed E-state index contributed by atoms with van der Waals surface area (Å²) in [5.74, 6) is 0.632. The van der Waals surface area contributed by atoms with E-state index in [0.717, 1.165) is 18.6 Å². The van der Waals surface area contributed by atoms with Gasteiger partial charge in [0, 0.05) is 30.1 Å². The molecule has 0 aliphatic carbocycles. The van der Waals surface area contributed by atoms with Gasteiger partial charge >= 0.3 is 0 Å². The molecule has 1 aromatic heterocycles. The number of rotatable bonds is 1. The van der Waals surface area contributed by atoms with E-state index in [1.54, 1.807) is 0 Å². The zero-order valence-electron chi connectivity index (χ0n) is 7.25. The molecule has 0 radical (unpaired) electrons. The van der Waals surface area contributed by atoms with Crippen molar-refractivity contribution in [3.8, 4) is 0 Å². The Kier molecular flexibility index (Phi) is 1.40. The first kappa shape index (κ1) is 7.09. The first-order valence-corrected chi connectivity index (χ1v) is 4.59. The van der Waals surface area contributed by atoms with E-state index >= 15 is 0 Å². The van der Waals surface area contributed by atoms with E-state index in [2.05, 4.69) is 27.6 Å². The number of hydrogen-bond acceptors (Lipinski definition) is 2. The molecule has 1 aromatic carbocycles. The monoisotopic (exact) mass is 173 g/mol. The van der Waals surface area contributed by atoms with E-state index < -0.39 is 0 Å². The molecule has 0 atom stereocenters. The lowest BCUT2D eigenvalue weighted by molar-refractivity contribution is 0.441. The Morgan fingerprint density at radius 2 is 2.08 bits per heavy atom. The first-order valence-electron chi connectivity index (χ1n) is 4.59. The van der Waals surface area contributed by atoms with Gasteiger partial charge in [-0.2, -0.15) is 5.10 Å². The van der Waals surface area contributed by atoms with Gasteiger partial charge in [0.2, 0.25) is 0 Å². The van der Waals surface area contributed by atoms with Gasteiger partial charge in [0.25, 0.3) is 0 Å². The standard InChI is InChI=1S/C10H11N3/c1-2-4-9-8(3-1)10(13-12-9)7-5-11-6-7/h1-4,7,11H,5-6H2,(H,12,13). The van der Waals surface area contributed by atoms with Crippen LogP contribution < -0.4 is 5.32 Å². The van der Waals surface area contributed by atoms with Crippen molar-refractivity contribution in [3.05, 3.63) is 30.0 Å². The third kappa shape index (κ3) is 0.971. The van der Waals surface area contributed by atoms with Crippen molar-refractivity contribution in [2.75, 3.05) is 13.1 Å². The quantitative estimate of drug-likeness (QED) is 0.681. The molecular formula is C10H11N3. The zero-order chi connectivity index (χ0) is 8.67. The number of aromatic amines is 1. The van der Waals surface area contributed by atoms with Gasteiger partial charge in [-0.25, -0.2) is 0 Å². The van der Waals surface area contributed by atoms with Crippen LogP contribution in [0.25, 0.3) is 10.9 Å². The zero-order valence-corrected chi connectivity index (χ0v) is 7.25. The molecule has 2 heterocycles. The summed E-state index contributed by atoms with van der Waals surface area (Å²) in [6, 6.07) is 8.26. The minimum absolute atomic E-state index is 0.632. The molecular weight excluding hydrogens is 162 g/mol. The van der Waals surface area contributed by atoms with Crippen LogP contribution in [0.5, 0.6) is 0 Å². The third-order valence-electron chi connectivity index (χ3n) is 2.68. The maximum absolute atomic E-state index is 4.27. The van der Waals surface area contributed by atoms with Gasteiger partial charge in [0.05, 0.1) is 5.52 Å². The Bertz CT molecular complexity index is 428. The first-order chi connectivity index (χ1) is 6.45. The molecule has 0 amide bonds. The molecule has 0 unspecified atom stereocenters. The third-order valence-corrected chi connectivity index (χ3v) is 2.68. The van der Waals surface area contributed by atoms with E-state index in [1.165, 1.54) is 11.1 Å². The Labute approximate surface area is 76.1 Å². The van der Waals surface area contributed by atoms with Gasteiger partial charge < -0.3 is 5.32 Å². The van der Waals surface area contributed by atoms with Gasteiger partial charge in [-0.1, -0.05) is 18.2 Å². The van der Waals surface area contributed by atoms with E-state index in [-0.39, 0.29) is 0 Å². The van der Waals surface area contributed by atoms with Gasteiger partial charge in [-0.15, -0.1) is 0 Å². The van der Waals surface area contributed by atoms with Crippen LogP contribution in [0.2, 0.25) is 0 Å². The van der Waals surface area contributed by atoms with E-state index in [0.29, 0.717) is 5.92 Å². The predicted molar refractivity (Wildman–Crippen MR) is 51.7 cm³/mol.